The second-order valence-corrected chi connectivity index (χ2v) is 8.68. The van der Waals surface area contributed by atoms with Crippen LogP contribution in [0, 0.1) is 0 Å². The van der Waals surface area contributed by atoms with E-state index >= 15 is 0 Å². The Morgan fingerprint density at radius 3 is 2.12 bits per heavy atom. The minimum absolute atomic E-state index is 0.168. The van der Waals surface area contributed by atoms with Gasteiger partial charge in [0.05, 0.1) is 0 Å². The van der Waals surface area contributed by atoms with Crippen LogP contribution in [0.25, 0.3) is 0 Å². The van der Waals surface area contributed by atoms with Gasteiger partial charge in [0.25, 0.3) is 3.12 Å². The number of alkyl halides is 2. The smallest absolute Gasteiger partial charge is 0.261 e. The summed E-state index contributed by atoms with van der Waals surface area (Å²) in [6, 6.07) is 5.79. The van der Waals surface area contributed by atoms with Gasteiger partial charge in [-0.3, -0.25) is 4.79 Å². The average molecular weight is 346 g/mol. The molecule has 0 unspecified atom stereocenters. The number of hydrogen-bond acceptors (Lipinski definition) is 3. The highest BCUT2D eigenvalue weighted by atomic mass is 79.9. The quantitative estimate of drug-likeness (QED) is 0.625. The normalized spacial score (nSPS) is 15.5. The van der Waals surface area contributed by atoms with Crippen molar-refractivity contribution < 1.29 is 13.2 Å². The van der Waals surface area contributed by atoms with Crippen LogP contribution in [0.2, 0.25) is 5.02 Å². The van der Waals surface area contributed by atoms with Crippen LogP contribution in [0.4, 0.5) is 0 Å². The highest BCUT2D eigenvalue weighted by molar-refractivity contribution is 9.12. The molecular formula is C9H7BrCl2O3S. The summed E-state index contributed by atoms with van der Waals surface area (Å²) in [6.45, 7) is 0. The minimum atomic E-state index is -3.76. The summed E-state index contributed by atoms with van der Waals surface area (Å²) in [5, 5.41) is 0.450. The summed E-state index contributed by atoms with van der Waals surface area (Å²) in [5.74, 6) is -0.742. The second kappa shape index (κ2) is 4.64. The lowest BCUT2D eigenvalue weighted by Crippen LogP contribution is -2.34. The molecule has 1 aromatic rings. The molecule has 1 aromatic carbocycles. The first-order chi connectivity index (χ1) is 7.16. The Morgan fingerprint density at radius 2 is 1.75 bits per heavy atom. The predicted octanol–water partition coefficient (Wildman–Crippen LogP) is 2.85. The molecule has 0 bridgehead atoms. The lowest BCUT2D eigenvalue weighted by Gasteiger charge is -2.16. The standard InChI is InChI=1S/C9H7BrCl2O3S/c1-16(14,15)9(10,12)8(13)6-2-4-7(11)5-3-6/h2-5H,1H3/t9-/m0/s1. The van der Waals surface area contributed by atoms with Crippen LogP contribution in [0.3, 0.4) is 0 Å². The van der Waals surface area contributed by atoms with Gasteiger partial charge in [-0.05, 0) is 40.2 Å². The lowest BCUT2D eigenvalue weighted by molar-refractivity contribution is 0.1000. The molecule has 0 aliphatic heterocycles. The van der Waals surface area contributed by atoms with Gasteiger partial charge < -0.3 is 0 Å². The first kappa shape index (κ1) is 14.0. The molecule has 1 rings (SSSR count). The number of benzene rings is 1. The molecule has 0 saturated carbocycles. The zero-order chi connectivity index (χ0) is 12.6. The van der Waals surface area contributed by atoms with E-state index in [0.717, 1.165) is 6.26 Å². The molecule has 0 radical (unpaired) electrons. The van der Waals surface area contributed by atoms with Crippen molar-refractivity contribution in [2.24, 2.45) is 0 Å². The van der Waals surface area contributed by atoms with E-state index < -0.39 is 18.7 Å². The van der Waals surface area contributed by atoms with E-state index in [1.807, 2.05) is 0 Å². The first-order valence-electron chi connectivity index (χ1n) is 4.04. The van der Waals surface area contributed by atoms with Gasteiger partial charge in [-0.1, -0.05) is 23.2 Å². The minimum Gasteiger partial charge on any atom is -0.290 e. The van der Waals surface area contributed by atoms with Crippen molar-refractivity contribution in [3.05, 3.63) is 34.9 Å². The van der Waals surface area contributed by atoms with Crippen LogP contribution in [-0.4, -0.2) is 23.6 Å². The van der Waals surface area contributed by atoms with Gasteiger partial charge >= 0.3 is 0 Å². The number of rotatable bonds is 3. The highest BCUT2D eigenvalue weighted by Gasteiger charge is 2.44. The summed E-state index contributed by atoms with van der Waals surface area (Å²) in [7, 11) is -3.76. The van der Waals surface area contributed by atoms with Gasteiger partial charge in [-0.25, -0.2) is 8.42 Å². The Labute approximate surface area is 112 Å². The Bertz CT molecular complexity index is 508. The summed E-state index contributed by atoms with van der Waals surface area (Å²) < 4.78 is 20.5. The van der Waals surface area contributed by atoms with E-state index in [0.29, 0.717) is 5.02 Å². The Morgan fingerprint density at radius 1 is 1.31 bits per heavy atom. The molecule has 16 heavy (non-hydrogen) atoms. The number of ketones is 1. The maximum absolute atomic E-state index is 11.8. The average Bonchev–Trinajstić information content (AvgIpc) is 2.16. The molecule has 0 spiro atoms. The van der Waals surface area contributed by atoms with Gasteiger partial charge in [-0.2, -0.15) is 0 Å². The van der Waals surface area contributed by atoms with Crippen molar-refractivity contribution in [1.29, 1.82) is 0 Å². The lowest BCUT2D eigenvalue weighted by atomic mass is 10.1. The first-order valence-corrected chi connectivity index (χ1v) is 7.48. The summed E-state index contributed by atoms with van der Waals surface area (Å²) in [4.78, 5) is 11.8. The SMILES string of the molecule is CS(=O)(=O)[C@](Cl)(Br)C(=O)c1ccc(Cl)cc1. The fraction of sp³-hybridized carbons (Fsp3) is 0.222. The third-order valence-corrected chi connectivity index (χ3v) is 6.34. The van der Waals surface area contributed by atoms with E-state index in [9.17, 15) is 13.2 Å². The maximum atomic E-state index is 11.8. The van der Waals surface area contributed by atoms with Crippen molar-refractivity contribution in [3.63, 3.8) is 0 Å². The van der Waals surface area contributed by atoms with Gasteiger partial charge in [0, 0.05) is 16.8 Å². The monoisotopic (exact) mass is 344 g/mol. The van der Waals surface area contributed by atoms with Crippen LogP contribution < -0.4 is 0 Å². The van der Waals surface area contributed by atoms with Crippen molar-refractivity contribution in [2.45, 2.75) is 3.12 Å². The number of halogens is 3. The van der Waals surface area contributed by atoms with E-state index in [1.165, 1.54) is 24.3 Å². The van der Waals surface area contributed by atoms with Crippen LogP contribution in [0.1, 0.15) is 10.4 Å². The predicted molar refractivity (Wildman–Crippen MR) is 68.1 cm³/mol. The van der Waals surface area contributed by atoms with Crippen molar-refractivity contribution in [2.75, 3.05) is 6.26 Å². The van der Waals surface area contributed by atoms with E-state index in [1.54, 1.807) is 0 Å². The molecule has 7 heteroatoms. The van der Waals surface area contributed by atoms with E-state index in [2.05, 4.69) is 15.9 Å². The largest absolute Gasteiger partial charge is 0.290 e. The van der Waals surface area contributed by atoms with Crippen LogP contribution in [0.15, 0.2) is 24.3 Å². The van der Waals surface area contributed by atoms with Crippen LogP contribution >= 0.6 is 39.1 Å². The molecular weight excluding hydrogens is 339 g/mol. The topological polar surface area (TPSA) is 51.2 Å². The van der Waals surface area contributed by atoms with Crippen molar-refractivity contribution in [3.8, 4) is 0 Å². The van der Waals surface area contributed by atoms with Crippen LogP contribution in [-0.2, 0) is 9.84 Å². The van der Waals surface area contributed by atoms with E-state index in [-0.39, 0.29) is 5.56 Å². The number of Topliss-reactive ketones (excluding diaryl/α,β-unsaturated/α-hetero) is 1. The zero-order valence-corrected chi connectivity index (χ0v) is 12.0. The molecule has 0 saturated heterocycles. The Balaban J connectivity index is 3.18. The third kappa shape index (κ3) is 2.77. The number of carbonyl (C=O) groups excluding carboxylic acids is 1. The molecule has 0 amide bonds. The fourth-order valence-corrected chi connectivity index (χ4v) is 1.86. The van der Waals surface area contributed by atoms with Crippen molar-refractivity contribution >= 4 is 54.8 Å². The van der Waals surface area contributed by atoms with Gasteiger partial charge in [0.2, 0.25) is 5.78 Å². The third-order valence-electron chi connectivity index (χ3n) is 1.84. The zero-order valence-electron chi connectivity index (χ0n) is 8.08. The van der Waals surface area contributed by atoms with Gasteiger partial charge in [-0.15, -0.1) is 0 Å². The van der Waals surface area contributed by atoms with Gasteiger partial charge in [0.1, 0.15) is 0 Å². The molecule has 0 heterocycles. The van der Waals surface area contributed by atoms with E-state index in [4.69, 9.17) is 23.2 Å². The molecule has 0 aromatic heterocycles. The molecule has 0 N–H and O–H groups in total. The molecule has 1 atom stereocenters. The number of sulfone groups is 1. The summed E-state index contributed by atoms with van der Waals surface area (Å²) in [6.07, 6.45) is 0.878. The fourth-order valence-electron chi connectivity index (χ4n) is 0.938. The Kier molecular flexibility index (Phi) is 4.05. The molecule has 3 nitrogen and oxygen atoms in total. The van der Waals surface area contributed by atoms with Crippen LogP contribution in [0.5, 0.6) is 0 Å². The number of hydrogen-bond donors (Lipinski definition) is 0. The van der Waals surface area contributed by atoms with Gasteiger partial charge in [0.15, 0.2) is 9.84 Å². The summed E-state index contributed by atoms with van der Waals surface area (Å²) in [5.41, 5.74) is 0.168. The van der Waals surface area contributed by atoms with Crippen molar-refractivity contribution in [1.82, 2.24) is 0 Å². The number of carbonyl (C=O) groups is 1. The summed E-state index contributed by atoms with van der Waals surface area (Å²) >= 11 is 14.0. The highest BCUT2D eigenvalue weighted by Crippen LogP contribution is 2.33. The maximum Gasteiger partial charge on any atom is 0.261 e. The molecule has 0 fully saturated rings. The molecule has 0 aliphatic rings. The Hall–Kier alpha value is -0.100. The second-order valence-electron chi connectivity index (χ2n) is 3.12. The molecule has 0 aliphatic carbocycles. The molecule has 88 valence electrons.